The largest absolute Gasteiger partial charge is 0.361 e. The molecule has 2 saturated carbocycles. The van der Waals surface area contributed by atoms with E-state index in [1.54, 1.807) is 0 Å². The van der Waals surface area contributed by atoms with Crippen LogP contribution in [0.5, 0.6) is 0 Å². The Balaban J connectivity index is 0.000000152. The van der Waals surface area contributed by atoms with Crippen molar-refractivity contribution in [3.8, 4) is 0 Å². The molecule has 1 N–H and O–H groups in total. The summed E-state index contributed by atoms with van der Waals surface area (Å²) in [7, 11) is 3.99. The van der Waals surface area contributed by atoms with E-state index in [9.17, 15) is 9.59 Å². The number of aromatic nitrogens is 5. The fourth-order valence-electron chi connectivity index (χ4n) is 9.10. The van der Waals surface area contributed by atoms with Crippen molar-refractivity contribution in [1.29, 1.82) is 0 Å². The first-order valence-corrected chi connectivity index (χ1v) is 14.1. The summed E-state index contributed by atoms with van der Waals surface area (Å²) in [4.78, 5) is 25.0. The van der Waals surface area contributed by atoms with Gasteiger partial charge in [0.2, 0.25) is 0 Å². The van der Waals surface area contributed by atoms with E-state index in [2.05, 4.69) is 56.5 Å². The summed E-state index contributed by atoms with van der Waals surface area (Å²) in [6, 6.07) is 0. The second-order valence-electron chi connectivity index (χ2n) is 14.0. The predicted molar refractivity (Wildman–Crippen MR) is 147 cm³/mol. The molecule has 0 radical (unpaired) electrons. The lowest BCUT2D eigenvalue weighted by Crippen LogP contribution is -2.35. The van der Waals surface area contributed by atoms with Crippen molar-refractivity contribution in [1.82, 2.24) is 24.3 Å². The van der Waals surface area contributed by atoms with E-state index >= 15 is 0 Å². The van der Waals surface area contributed by atoms with Crippen LogP contribution in [-0.2, 0) is 31.5 Å². The molecule has 38 heavy (non-hydrogen) atoms. The van der Waals surface area contributed by atoms with Crippen LogP contribution in [0.3, 0.4) is 0 Å². The monoisotopic (exact) mass is 521 g/mol. The molecule has 0 spiro atoms. The van der Waals surface area contributed by atoms with Gasteiger partial charge in [-0.1, -0.05) is 46.7 Å². The maximum Gasteiger partial charge on any atom is 0.270 e. The zero-order valence-corrected chi connectivity index (χ0v) is 24.7. The number of aryl methyl sites for hydroxylation is 3. The van der Waals surface area contributed by atoms with E-state index in [-0.39, 0.29) is 32.8 Å². The minimum absolute atomic E-state index is 0.0882. The number of aromatic amines is 1. The van der Waals surface area contributed by atoms with Crippen LogP contribution >= 0.6 is 0 Å². The van der Waals surface area contributed by atoms with Crippen LogP contribution in [0.4, 0.5) is 0 Å². The molecule has 8 heteroatoms. The standard InChI is InChI=1S/C18H25N3O2.C12H18N2O/c1-10-12(11(2)23-19-10)9-21-16(22)14-13-7-8-18(5,17(13,3)4)15(14)20(21)6;1-11(2)7-5-6-12(11,3)9-8(7)10(15)13-14(9)4/h13H,7-9H2,1-6H3;7H,5-6H2,1-4H3,(H,13,15)/t13-,18+;7-,12+/m11/s1. The summed E-state index contributed by atoms with van der Waals surface area (Å²) in [5.41, 5.74) is 7.48. The van der Waals surface area contributed by atoms with Crippen LogP contribution in [0, 0.1) is 24.7 Å². The van der Waals surface area contributed by atoms with Gasteiger partial charge in [-0.05, 0) is 62.2 Å². The van der Waals surface area contributed by atoms with Gasteiger partial charge in [-0.25, -0.2) is 4.68 Å². The average Bonchev–Trinajstić information content (AvgIpc) is 3.59. The van der Waals surface area contributed by atoms with Crippen molar-refractivity contribution >= 4 is 0 Å². The molecule has 4 bridgehead atoms. The summed E-state index contributed by atoms with van der Waals surface area (Å²) < 4.78 is 11.2. The molecule has 7 rings (SSSR count). The number of H-pyrrole nitrogens is 1. The minimum atomic E-state index is 0.0882. The topological polar surface area (TPSA) is 90.8 Å². The number of hydrogen-bond acceptors (Lipinski definition) is 4. The number of rotatable bonds is 2. The van der Waals surface area contributed by atoms with Crippen LogP contribution in [0.15, 0.2) is 14.1 Å². The molecule has 2 fully saturated rings. The van der Waals surface area contributed by atoms with Gasteiger partial charge >= 0.3 is 0 Å². The van der Waals surface area contributed by atoms with Crippen molar-refractivity contribution < 1.29 is 4.52 Å². The molecule has 206 valence electrons. The lowest BCUT2D eigenvalue weighted by atomic mass is 9.70. The predicted octanol–water partition coefficient (Wildman–Crippen LogP) is 4.90. The van der Waals surface area contributed by atoms with E-state index < -0.39 is 0 Å². The summed E-state index contributed by atoms with van der Waals surface area (Å²) in [5.74, 6) is 1.64. The van der Waals surface area contributed by atoms with Crippen molar-refractivity contribution in [2.75, 3.05) is 0 Å². The molecule has 0 aliphatic heterocycles. The van der Waals surface area contributed by atoms with E-state index in [1.807, 2.05) is 37.3 Å². The normalized spacial score (nSPS) is 30.9. The lowest BCUT2D eigenvalue weighted by Gasteiger charge is -2.36. The van der Waals surface area contributed by atoms with Gasteiger partial charge < -0.3 is 4.52 Å². The molecule has 4 aliphatic rings. The highest BCUT2D eigenvalue weighted by molar-refractivity contribution is 5.46. The van der Waals surface area contributed by atoms with E-state index in [1.165, 1.54) is 30.7 Å². The molecule has 4 aliphatic carbocycles. The van der Waals surface area contributed by atoms with Gasteiger partial charge in [0, 0.05) is 47.3 Å². The molecule has 3 aromatic rings. The summed E-state index contributed by atoms with van der Waals surface area (Å²) in [6.07, 6.45) is 4.67. The van der Waals surface area contributed by atoms with Crippen molar-refractivity contribution in [2.24, 2.45) is 24.9 Å². The molecule has 0 saturated heterocycles. The Bertz CT molecular complexity index is 1570. The van der Waals surface area contributed by atoms with Crippen LogP contribution in [-0.4, -0.2) is 24.3 Å². The van der Waals surface area contributed by atoms with Crippen molar-refractivity contribution in [2.45, 2.75) is 110 Å². The van der Waals surface area contributed by atoms with Gasteiger partial charge in [0.15, 0.2) is 0 Å². The Labute approximate surface area is 224 Å². The Morgan fingerprint density at radius 1 is 0.895 bits per heavy atom. The Morgan fingerprint density at radius 2 is 1.45 bits per heavy atom. The molecular weight excluding hydrogens is 478 g/mol. The maximum atomic E-state index is 13.1. The first kappa shape index (κ1) is 25.5. The molecule has 0 aromatic carbocycles. The quantitative estimate of drug-likeness (QED) is 0.519. The zero-order valence-electron chi connectivity index (χ0n) is 24.7. The third kappa shape index (κ3) is 2.74. The Hall–Kier alpha value is -2.77. The first-order valence-electron chi connectivity index (χ1n) is 14.1. The van der Waals surface area contributed by atoms with Gasteiger partial charge in [-0.3, -0.25) is 24.1 Å². The maximum absolute atomic E-state index is 13.1. The van der Waals surface area contributed by atoms with Gasteiger partial charge in [0.25, 0.3) is 11.1 Å². The van der Waals surface area contributed by atoms with Crippen LogP contribution in [0.25, 0.3) is 0 Å². The average molecular weight is 522 g/mol. The van der Waals surface area contributed by atoms with Crippen molar-refractivity contribution in [3.63, 3.8) is 0 Å². The van der Waals surface area contributed by atoms with Crippen LogP contribution < -0.4 is 11.1 Å². The zero-order chi connectivity index (χ0) is 27.7. The highest BCUT2D eigenvalue weighted by Crippen LogP contribution is 2.67. The number of nitrogens with zero attached hydrogens (tertiary/aromatic N) is 4. The molecule has 8 nitrogen and oxygen atoms in total. The Morgan fingerprint density at radius 3 is 1.95 bits per heavy atom. The third-order valence-electron chi connectivity index (χ3n) is 12.2. The number of hydrogen-bond donors (Lipinski definition) is 1. The first-order chi connectivity index (χ1) is 17.6. The number of nitrogens with one attached hydrogen (secondary N) is 1. The molecule has 4 atom stereocenters. The smallest absolute Gasteiger partial charge is 0.270 e. The highest BCUT2D eigenvalue weighted by atomic mass is 16.5. The highest BCUT2D eigenvalue weighted by Gasteiger charge is 2.63. The second kappa shape index (κ2) is 7.45. The Kier molecular flexibility index (Phi) is 5.00. The van der Waals surface area contributed by atoms with Gasteiger partial charge in [0.1, 0.15) is 5.76 Å². The molecule has 0 amide bonds. The molecule has 3 aromatic heterocycles. The SMILES string of the molecule is Cc1noc(C)c1Cn1c(=O)c2c(n1C)[C@]1(C)CC[C@H]2C1(C)C.Cn1[nH]c(=O)c2c1[C@]1(C)CC[C@H]2C1(C)C. The van der Waals surface area contributed by atoms with Gasteiger partial charge in [0.05, 0.1) is 17.9 Å². The van der Waals surface area contributed by atoms with Crippen LogP contribution in [0.2, 0.25) is 0 Å². The fourth-order valence-corrected chi connectivity index (χ4v) is 9.10. The van der Waals surface area contributed by atoms with Crippen LogP contribution in [0.1, 0.15) is 119 Å². The van der Waals surface area contributed by atoms with Gasteiger partial charge in [-0.2, -0.15) is 0 Å². The lowest BCUT2D eigenvalue weighted by molar-refractivity contribution is 0.215. The van der Waals surface area contributed by atoms with Crippen molar-refractivity contribution in [3.05, 3.63) is 60.2 Å². The second-order valence-corrected chi connectivity index (χ2v) is 14.0. The number of fused-ring (bicyclic) bond motifs is 10. The minimum Gasteiger partial charge on any atom is -0.361 e. The summed E-state index contributed by atoms with van der Waals surface area (Å²) in [6.45, 7) is 18.3. The molecular formula is C30H43N5O3. The van der Waals surface area contributed by atoms with E-state index in [0.29, 0.717) is 18.4 Å². The van der Waals surface area contributed by atoms with E-state index in [0.717, 1.165) is 34.6 Å². The summed E-state index contributed by atoms with van der Waals surface area (Å²) in [5, 5.41) is 6.92. The van der Waals surface area contributed by atoms with Gasteiger partial charge in [-0.15, -0.1) is 0 Å². The summed E-state index contributed by atoms with van der Waals surface area (Å²) >= 11 is 0. The van der Waals surface area contributed by atoms with E-state index in [4.69, 9.17) is 4.52 Å². The fraction of sp³-hybridized carbons (Fsp3) is 0.700. The third-order valence-corrected chi connectivity index (χ3v) is 12.2. The molecule has 0 unspecified atom stereocenters. The molecule has 3 heterocycles.